The first kappa shape index (κ1) is 24.7. The number of phenolic OH excluding ortho intramolecular Hbond substituents is 6. The standard InChI is InChI=1S/C20H20O14/c21-5-12-15(28)16(33-18(29)6-1-8(22)13(26)9(23)2-6)17(20(31)32-12)34-19(30)7-3-10(24)14(27)11(25)4-7/h1-4,12,15-17,20-28,31H,5H2/t12-,15+,16+,17+,20-/m0/s1. The summed E-state index contributed by atoms with van der Waals surface area (Å²) in [4.78, 5) is 25.0. The third-order valence-corrected chi connectivity index (χ3v) is 4.91. The monoisotopic (exact) mass is 484 g/mol. The van der Waals surface area contributed by atoms with Crippen LogP contribution in [0.15, 0.2) is 24.3 Å². The molecule has 0 amide bonds. The molecule has 1 saturated heterocycles. The first-order valence-electron chi connectivity index (χ1n) is 9.48. The maximum Gasteiger partial charge on any atom is 0.339 e. The second-order valence-corrected chi connectivity index (χ2v) is 7.20. The molecule has 184 valence electrons. The summed E-state index contributed by atoms with van der Waals surface area (Å²) in [6.45, 7) is -0.840. The number of ether oxygens (including phenoxy) is 3. The molecule has 1 heterocycles. The van der Waals surface area contributed by atoms with Gasteiger partial charge in [0.1, 0.15) is 12.2 Å². The highest BCUT2D eigenvalue weighted by Gasteiger charge is 2.49. The maximum absolute atomic E-state index is 12.5. The van der Waals surface area contributed by atoms with Crippen molar-refractivity contribution in [1.29, 1.82) is 0 Å². The van der Waals surface area contributed by atoms with E-state index in [9.17, 15) is 55.5 Å². The Morgan fingerprint density at radius 1 is 0.735 bits per heavy atom. The summed E-state index contributed by atoms with van der Waals surface area (Å²) in [5.41, 5.74) is -1.00. The van der Waals surface area contributed by atoms with Crippen molar-refractivity contribution in [2.45, 2.75) is 30.7 Å². The molecule has 1 aliphatic rings. The number of aliphatic hydroxyl groups is 3. The fourth-order valence-electron chi connectivity index (χ4n) is 3.15. The topological polar surface area (TPSA) is 244 Å². The summed E-state index contributed by atoms with van der Waals surface area (Å²) >= 11 is 0. The summed E-state index contributed by atoms with van der Waals surface area (Å²) in [6, 6.07) is 2.91. The number of carbonyl (C=O) groups is 2. The van der Waals surface area contributed by atoms with Crippen LogP contribution in [0.2, 0.25) is 0 Å². The Kier molecular flexibility index (Phi) is 6.88. The van der Waals surface area contributed by atoms with Crippen LogP contribution in [0.1, 0.15) is 20.7 Å². The van der Waals surface area contributed by atoms with Crippen molar-refractivity contribution in [1.82, 2.24) is 0 Å². The minimum absolute atomic E-state index is 0.500. The number of carbonyl (C=O) groups excluding carboxylic acids is 2. The Balaban J connectivity index is 1.89. The Bertz CT molecular complexity index is 1050. The van der Waals surface area contributed by atoms with Crippen molar-refractivity contribution in [3.05, 3.63) is 35.4 Å². The molecule has 9 N–H and O–H groups in total. The molecule has 34 heavy (non-hydrogen) atoms. The summed E-state index contributed by atoms with van der Waals surface area (Å²) in [7, 11) is 0. The van der Waals surface area contributed by atoms with E-state index in [1.165, 1.54) is 0 Å². The summed E-state index contributed by atoms with van der Waals surface area (Å²) in [6.07, 6.45) is -9.15. The Hall–Kier alpha value is -3.98. The normalized spacial score (nSPS) is 24.4. The lowest BCUT2D eigenvalue weighted by atomic mass is 9.98. The van der Waals surface area contributed by atoms with Crippen molar-refractivity contribution in [3.8, 4) is 34.5 Å². The predicted octanol–water partition coefficient (Wildman–Crippen LogP) is -1.26. The predicted molar refractivity (Wildman–Crippen MR) is 105 cm³/mol. The Morgan fingerprint density at radius 2 is 1.12 bits per heavy atom. The molecule has 14 nitrogen and oxygen atoms in total. The number of hydrogen-bond acceptors (Lipinski definition) is 14. The maximum atomic E-state index is 12.5. The van der Waals surface area contributed by atoms with Gasteiger partial charge in [0, 0.05) is 0 Å². The van der Waals surface area contributed by atoms with Gasteiger partial charge in [-0.25, -0.2) is 9.59 Å². The van der Waals surface area contributed by atoms with Crippen LogP contribution in [-0.2, 0) is 14.2 Å². The lowest BCUT2D eigenvalue weighted by molar-refractivity contribution is -0.285. The van der Waals surface area contributed by atoms with E-state index in [0.29, 0.717) is 0 Å². The zero-order valence-electron chi connectivity index (χ0n) is 17.0. The van der Waals surface area contributed by atoms with Crippen LogP contribution in [0.3, 0.4) is 0 Å². The summed E-state index contributed by atoms with van der Waals surface area (Å²) in [5.74, 6) is -7.93. The minimum atomic E-state index is -2.04. The smallest absolute Gasteiger partial charge is 0.339 e. The molecular formula is C20H20O14. The van der Waals surface area contributed by atoms with Gasteiger partial charge in [-0.2, -0.15) is 0 Å². The number of benzene rings is 2. The van der Waals surface area contributed by atoms with Crippen LogP contribution in [0.4, 0.5) is 0 Å². The average Bonchev–Trinajstić information content (AvgIpc) is 2.79. The van der Waals surface area contributed by atoms with E-state index in [1.807, 2.05) is 0 Å². The lowest BCUT2D eigenvalue weighted by Crippen LogP contribution is -2.61. The molecule has 0 radical (unpaired) electrons. The number of aliphatic hydroxyl groups excluding tert-OH is 3. The highest BCUT2D eigenvalue weighted by molar-refractivity contribution is 5.92. The molecule has 0 unspecified atom stereocenters. The molecule has 1 fully saturated rings. The van der Waals surface area contributed by atoms with Crippen molar-refractivity contribution >= 4 is 11.9 Å². The van der Waals surface area contributed by atoms with Crippen LogP contribution >= 0.6 is 0 Å². The van der Waals surface area contributed by atoms with E-state index in [2.05, 4.69) is 0 Å². The summed E-state index contributed by atoms with van der Waals surface area (Å²) in [5, 5.41) is 87.2. The van der Waals surface area contributed by atoms with Crippen LogP contribution in [-0.4, -0.2) is 95.2 Å². The summed E-state index contributed by atoms with van der Waals surface area (Å²) < 4.78 is 15.1. The van der Waals surface area contributed by atoms with Gasteiger partial charge in [-0.15, -0.1) is 0 Å². The van der Waals surface area contributed by atoms with Gasteiger partial charge in [-0.05, 0) is 24.3 Å². The van der Waals surface area contributed by atoms with Gasteiger partial charge in [0.2, 0.25) is 0 Å². The number of aromatic hydroxyl groups is 6. The number of phenols is 6. The van der Waals surface area contributed by atoms with Crippen molar-refractivity contribution in [3.63, 3.8) is 0 Å². The molecule has 5 atom stereocenters. The molecule has 0 bridgehead atoms. The van der Waals surface area contributed by atoms with E-state index >= 15 is 0 Å². The fourth-order valence-corrected chi connectivity index (χ4v) is 3.15. The number of rotatable bonds is 5. The Labute approximate surface area is 189 Å². The second-order valence-electron chi connectivity index (χ2n) is 7.20. The van der Waals surface area contributed by atoms with Gasteiger partial charge >= 0.3 is 11.9 Å². The third-order valence-electron chi connectivity index (χ3n) is 4.91. The molecule has 0 aliphatic carbocycles. The van der Waals surface area contributed by atoms with E-state index < -0.39 is 94.9 Å². The third kappa shape index (κ3) is 4.69. The van der Waals surface area contributed by atoms with Crippen LogP contribution in [0.5, 0.6) is 34.5 Å². The molecule has 1 aliphatic heterocycles. The number of hydrogen-bond donors (Lipinski definition) is 9. The molecule has 2 aromatic rings. The quantitative estimate of drug-likeness (QED) is 0.178. The van der Waals surface area contributed by atoms with Crippen LogP contribution < -0.4 is 0 Å². The molecule has 2 aromatic carbocycles. The molecule has 14 heteroatoms. The zero-order valence-corrected chi connectivity index (χ0v) is 17.0. The van der Waals surface area contributed by atoms with Gasteiger partial charge in [0.05, 0.1) is 17.7 Å². The number of esters is 2. The minimum Gasteiger partial charge on any atom is -0.504 e. The molecule has 3 rings (SSSR count). The van der Waals surface area contributed by atoms with Gasteiger partial charge in [0.15, 0.2) is 53.0 Å². The van der Waals surface area contributed by atoms with Gasteiger partial charge in [0.25, 0.3) is 0 Å². The zero-order chi connectivity index (χ0) is 25.3. The highest BCUT2D eigenvalue weighted by Crippen LogP contribution is 2.37. The Morgan fingerprint density at radius 3 is 1.50 bits per heavy atom. The highest BCUT2D eigenvalue weighted by atomic mass is 16.7. The molecule has 0 aromatic heterocycles. The van der Waals surface area contributed by atoms with E-state index in [0.717, 1.165) is 24.3 Å². The van der Waals surface area contributed by atoms with E-state index in [-0.39, 0.29) is 0 Å². The van der Waals surface area contributed by atoms with Gasteiger partial charge in [-0.1, -0.05) is 0 Å². The largest absolute Gasteiger partial charge is 0.504 e. The van der Waals surface area contributed by atoms with Gasteiger partial charge in [-0.3, -0.25) is 0 Å². The second kappa shape index (κ2) is 9.48. The van der Waals surface area contributed by atoms with Gasteiger partial charge < -0.3 is 60.2 Å². The van der Waals surface area contributed by atoms with Crippen LogP contribution in [0.25, 0.3) is 0 Å². The lowest BCUT2D eigenvalue weighted by Gasteiger charge is -2.41. The van der Waals surface area contributed by atoms with Crippen LogP contribution in [0, 0.1) is 0 Å². The SMILES string of the molecule is O=C(O[C@@H]1[C@H](O)[C@H](CO)O[C@H](O)[C@@H]1OC(=O)c1cc(O)c(O)c(O)c1)c1cc(O)c(O)c(O)c1. The van der Waals surface area contributed by atoms with Crippen molar-refractivity contribution in [2.75, 3.05) is 6.61 Å². The fraction of sp³-hybridized carbons (Fsp3) is 0.300. The first-order valence-corrected chi connectivity index (χ1v) is 9.48. The van der Waals surface area contributed by atoms with E-state index in [4.69, 9.17) is 14.2 Å². The molecule has 0 spiro atoms. The average molecular weight is 484 g/mol. The molecule has 0 saturated carbocycles. The van der Waals surface area contributed by atoms with Crippen molar-refractivity contribution in [2.24, 2.45) is 0 Å². The molecular weight excluding hydrogens is 464 g/mol. The first-order chi connectivity index (χ1) is 15.9. The van der Waals surface area contributed by atoms with Crippen molar-refractivity contribution < 1.29 is 69.8 Å². The van der Waals surface area contributed by atoms with E-state index in [1.54, 1.807) is 0 Å².